The van der Waals surface area contributed by atoms with E-state index < -0.39 is 0 Å². The maximum absolute atomic E-state index is 12.5. The number of hydrogen-bond acceptors (Lipinski definition) is 5. The maximum atomic E-state index is 12.5. The quantitative estimate of drug-likeness (QED) is 0.769. The predicted octanol–water partition coefficient (Wildman–Crippen LogP) is 1.12. The minimum atomic E-state index is -0.278. The van der Waals surface area contributed by atoms with Crippen molar-refractivity contribution in [3.63, 3.8) is 0 Å². The molecule has 0 aromatic carbocycles. The molecule has 3 atom stereocenters. The summed E-state index contributed by atoms with van der Waals surface area (Å²) in [6.45, 7) is 8.38. The number of amides is 1. The molecule has 4 saturated heterocycles. The summed E-state index contributed by atoms with van der Waals surface area (Å²) in [5, 5.41) is 1.52. The van der Waals surface area contributed by atoms with E-state index in [9.17, 15) is 4.79 Å². The zero-order valence-electron chi connectivity index (χ0n) is 14.7. The summed E-state index contributed by atoms with van der Waals surface area (Å²) in [7, 11) is 0. The highest BCUT2D eigenvalue weighted by Gasteiger charge is 2.43. The van der Waals surface area contributed by atoms with Crippen molar-refractivity contribution in [1.29, 1.82) is 0 Å². The van der Waals surface area contributed by atoms with Gasteiger partial charge in [0.1, 0.15) is 6.10 Å². The van der Waals surface area contributed by atoms with Crippen LogP contribution in [0.1, 0.15) is 38.5 Å². The lowest BCUT2D eigenvalue weighted by atomic mass is 9.91. The highest BCUT2D eigenvalue weighted by atomic mass is 16.7. The Morgan fingerprint density at radius 3 is 2.58 bits per heavy atom. The molecule has 0 N–H and O–H groups in total. The normalized spacial score (nSPS) is 35.3. The van der Waals surface area contributed by atoms with Gasteiger partial charge < -0.3 is 9.64 Å². The van der Waals surface area contributed by atoms with Gasteiger partial charge in [0.25, 0.3) is 5.91 Å². The van der Waals surface area contributed by atoms with Crippen molar-refractivity contribution in [1.82, 2.24) is 14.9 Å². The Morgan fingerprint density at radius 1 is 0.958 bits per heavy atom. The van der Waals surface area contributed by atoms with Gasteiger partial charge in [-0.3, -0.25) is 14.5 Å². The molecule has 4 aliphatic rings. The van der Waals surface area contributed by atoms with Crippen LogP contribution in [0.25, 0.3) is 0 Å². The molecule has 6 heteroatoms. The number of carbonyl (C=O) groups excluding carboxylic acids is 1. The molecule has 1 amide bonds. The number of likely N-dealkylation sites (tertiary alicyclic amines) is 2. The van der Waals surface area contributed by atoms with E-state index in [-0.39, 0.29) is 18.1 Å². The molecule has 0 aromatic rings. The standard InChI is InChI=1S/C18H31N3O3/c22-18(21-8-4-12-23-21)16-13-15-5-9-20(14-17(15)24-16)11-10-19-6-2-1-3-7-19/h15-17H,1-14H2/t15-,16+,17+/m1/s1. The summed E-state index contributed by atoms with van der Waals surface area (Å²) in [4.78, 5) is 23.0. The van der Waals surface area contributed by atoms with Crippen molar-refractivity contribution in [3.8, 4) is 0 Å². The second-order valence-corrected chi connectivity index (χ2v) is 7.78. The summed E-state index contributed by atoms with van der Waals surface area (Å²) in [6, 6.07) is 0. The zero-order chi connectivity index (χ0) is 16.4. The summed E-state index contributed by atoms with van der Waals surface area (Å²) in [6.07, 6.45) is 7.05. The van der Waals surface area contributed by atoms with Crippen molar-refractivity contribution < 1.29 is 14.4 Å². The molecule has 4 aliphatic heterocycles. The van der Waals surface area contributed by atoms with E-state index in [1.807, 2.05) is 0 Å². The highest BCUT2D eigenvalue weighted by molar-refractivity contribution is 5.80. The first kappa shape index (κ1) is 16.8. The van der Waals surface area contributed by atoms with Gasteiger partial charge in [0, 0.05) is 19.6 Å². The first-order valence-electron chi connectivity index (χ1n) is 9.84. The number of nitrogens with zero attached hydrogens (tertiary/aromatic N) is 3. The molecule has 0 spiro atoms. The number of rotatable bonds is 4. The van der Waals surface area contributed by atoms with Crippen molar-refractivity contribution in [3.05, 3.63) is 0 Å². The molecular formula is C18H31N3O3. The van der Waals surface area contributed by atoms with Gasteiger partial charge in [-0.2, -0.15) is 0 Å². The highest BCUT2D eigenvalue weighted by Crippen LogP contribution is 2.34. The second kappa shape index (κ2) is 7.68. The molecular weight excluding hydrogens is 306 g/mol. The van der Waals surface area contributed by atoms with Gasteiger partial charge in [-0.25, -0.2) is 5.06 Å². The van der Waals surface area contributed by atoms with Gasteiger partial charge >= 0.3 is 0 Å². The monoisotopic (exact) mass is 337 g/mol. The van der Waals surface area contributed by atoms with Crippen molar-refractivity contribution >= 4 is 5.91 Å². The third-order valence-corrected chi connectivity index (χ3v) is 6.09. The average Bonchev–Trinajstić information content (AvgIpc) is 3.29. The fraction of sp³-hybridized carbons (Fsp3) is 0.944. The SMILES string of the molecule is O=C([C@@H]1C[C@H]2CCN(CCN3CCCCC3)C[C@@H]2O1)N1CCCO1. The van der Waals surface area contributed by atoms with Gasteiger partial charge in [0.05, 0.1) is 19.3 Å². The third kappa shape index (κ3) is 3.77. The largest absolute Gasteiger partial charge is 0.363 e. The van der Waals surface area contributed by atoms with E-state index in [0.717, 1.165) is 45.4 Å². The van der Waals surface area contributed by atoms with Crippen LogP contribution in [-0.4, -0.2) is 85.4 Å². The van der Waals surface area contributed by atoms with Gasteiger partial charge in [-0.15, -0.1) is 0 Å². The number of hydrogen-bond donors (Lipinski definition) is 0. The minimum Gasteiger partial charge on any atom is -0.363 e. The van der Waals surface area contributed by atoms with E-state index in [1.165, 1.54) is 44.0 Å². The molecule has 0 unspecified atom stereocenters. The van der Waals surface area contributed by atoms with Crippen LogP contribution in [0, 0.1) is 5.92 Å². The van der Waals surface area contributed by atoms with Gasteiger partial charge in [0.15, 0.2) is 0 Å². The summed E-state index contributed by atoms with van der Waals surface area (Å²) in [5.41, 5.74) is 0. The Bertz CT molecular complexity index is 435. The minimum absolute atomic E-state index is 0.0433. The summed E-state index contributed by atoms with van der Waals surface area (Å²) in [5.74, 6) is 0.592. The molecule has 4 heterocycles. The molecule has 0 aromatic heterocycles. The predicted molar refractivity (Wildman–Crippen MR) is 90.4 cm³/mol. The molecule has 24 heavy (non-hydrogen) atoms. The van der Waals surface area contributed by atoms with Crippen LogP contribution in [0.3, 0.4) is 0 Å². The van der Waals surface area contributed by atoms with Gasteiger partial charge in [-0.05, 0) is 57.7 Å². The molecule has 0 aliphatic carbocycles. The Kier molecular flexibility index (Phi) is 5.37. The lowest BCUT2D eigenvalue weighted by molar-refractivity contribution is -0.180. The van der Waals surface area contributed by atoms with Crippen LogP contribution >= 0.6 is 0 Å². The van der Waals surface area contributed by atoms with E-state index in [1.54, 1.807) is 0 Å². The van der Waals surface area contributed by atoms with Crippen LogP contribution in [0.2, 0.25) is 0 Å². The molecule has 0 radical (unpaired) electrons. The lowest BCUT2D eigenvalue weighted by Gasteiger charge is -2.36. The number of hydroxylamine groups is 2. The van der Waals surface area contributed by atoms with Crippen LogP contribution in [0.15, 0.2) is 0 Å². The van der Waals surface area contributed by atoms with E-state index >= 15 is 0 Å². The number of piperidine rings is 2. The maximum Gasteiger partial charge on any atom is 0.275 e. The second-order valence-electron chi connectivity index (χ2n) is 7.78. The Balaban J connectivity index is 1.24. The van der Waals surface area contributed by atoms with Crippen LogP contribution in [0.5, 0.6) is 0 Å². The Hall–Kier alpha value is -0.690. The number of fused-ring (bicyclic) bond motifs is 1. The molecule has 4 fully saturated rings. The average molecular weight is 337 g/mol. The van der Waals surface area contributed by atoms with Crippen molar-refractivity contribution in [2.75, 3.05) is 52.4 Å². The number of ether oxygens (including phenoxy) is 1. The third-order valence-electron chi connectivity index (χ3n) is 6.09. The van der Waals surface area contributed by atoms with Crippen molar-refractivity contribution in [2.45, 2.75) is 50.7 Å². The lowest BCUT2D eigenvalue weighted by Crippen LogP contribution is -2.46. The fourth-order valence-corrected chi connectivity index (χ4v) is 4.60. The smallest absolute Gasteiger partial charge is 0.275 e. The molecule has 0 bridgehead atoms. The van der Waals surface area contributed by atoms with Gasteiger partial charge in [0.2, 0.25) is 0 Å². The van der Waals surface area contributed by atoms with Gasteiger partial charge in [-0.1, -0.05) is 6.42 Å². The molecule has 0 saturated carbocycles. The molecule has 136 valence electrons. The van der Waals surface area contributed by atoms with Crippen LogP contribution in [-0.2, 0) is 14.4 Å². The van der Waals surface area contributed by atoms with E-state index in [2.05, 4.69) is 9.80 Å². The summed E-state index contributed by atoms with van der Waals surface area (Å²) >= 11 is 0. The first-order chi connectivity index (χ1) is 11.8. The van der Waals surface area contributed by atoms with E-state index in [4.69, 9.17) is 9.57 Å². The molecule has 4 rings (SSSR count). The summed E-state index contributed by atoms with van der Waals surface area (Å²) < 4.78 is 6.14. The zero-order valence-corrected chi connectivity index (χ0v) is 14.7. The Labute approximate surface area is 145 Å². The van der Waals surface area contributed by atoms with E-state index in [0.29, 0.717) is 12.5 Å². The number of carbonyl (C=O) groups is 1. The van der Waals surface area contributed by atoms with Crippen LogP contribution < -0.4 is 0 Å². The molecule has 6 nitrogen and oxygen atoms in total. The topological polar surface area (TPSA) is 45.2 Å². The fourth-order valence-electron chi connectivity index (χ4n) is 4.60. The van der Waals surface area contributed by atoms with Crippen molar-refractivity contribution in [2.24, 2.45) is 5.92 Å². The van der Waals surface area contributed by atoms with Crippen LogP contribution in [0.4, 0.5) is 0 Å². The Morgan fingerprint density at radius 2 is 1.79 bits per heavy atom. The first-order valence-corrected chi connectivity index (χ1v) is 9.84.